The Bertz CT molecular complexity index is 1270. The van der Waals surface area contributed by atoms with E-state index in [4.69, 9.17) is 4.74 Å². The minimum Gasteiger partial charge on any atom is -0.460 e. The third-order valence-corrected chi connectivity index (χ3v) is 14.6. The van der Waals surface area contributed by atoms with Crippen LogP contribution in [0, 0.1) is 57.2 Å². The Kier molecular flexibility index (Phi) is 7.18. The fourth-order valence-corrected chi connectivity index (χ4v) is 11.7. The highest BCUT2D eigenvalue weighted by Gasteiger charge is 2.69. The van der Waals surface area contributed by atoms with E-state index in [1.54, 1.807) is 5.57 Å². The van der Waals surface area contributed by atoms with E-state index in [9.17, 15) is 15.0 Å². The largest absolute Gasteiger partial charge is 0.460 e. The van der Waals surface area contributed by atoms with E-state index in [1.807, 2.05) is 6.07 Å². The molecular weight excluding hydrogens is 520 g/mol. The summed E-state index contributed by atoms with van der Waals surface area (Å²) in [4.78, 5) is 14.2. The second-order valence-corrected chi connectivity index (χ2v) is 17.2. The summed E-state index contributed by atoms with van der Waals surface area (Å²) in [5.74, 6) is 1.08. The van der Waals surface area contributed by atoms with Crippen LogP contribution in [0.4, 0.5) is 0 Å². The van der Waals surface area contributed by atoms with Gasteiger partial charge in [0, 0.05) is 5.41 Å². The van der Waals surface area contributed by atoms with Crippen LogP contribution in [-0.2, 0) is 16.1 Å². The smallest absolute Gasteiger partial charge is 0.313 e. The predicted octanol–water partition coefficient (Wildman–Crippen LogP) is 8.17. The number of fused-ring (bicyclic) bond motifs is 7. The molecule has 0 spiro atoms. The Morgan fingerprint density at radius 3 is 2.40 bits per heavy atom. The van der Waals surface area contributed by atoms with Gasteiger partial charge in [-0.15, -0.1) is 0 Å². The topological polar surface area (TPSA) is 66.8 Å². The summed E-state index contributed by atoms with van der Waals surface area (Å²) >= 11 is 0. The summed E-state index contributed by atoms with van der Waals surface area (Å²) in [5.41, 5.74) is 3.39. The summed E-state index contributed by atoms with van der Waals surface area (Å²) in [5, 5.41) is 21.6. The fourth-order valence-electron chi connectivity index (χ4n) is 11.7. The summed E-state index contributed by atoms with van der Waals surface area (Å²) in [6.07, 6.45) is 12.1. The Balaban J connectivity index is 1.36. The average Bonchev–Trinajstić information content (AvgIpc) is 2.94. The quantitative estimate of drug-likeness (QED) is 0.280. The van der Waals surface area contributed by atoms with E-state index in [-0.39, 0.29) is 40.2 Å². The highest BCUT2D eigenvalue weighted by Crippen LogP contribution is 2.75. The summed E-state index contributed by atoms with van der Waals surface area (Å²) in [6.45, 7) is 17.0. The van der Waals surface area contributed by atoms with E-state index < -0.39 is 16.9 Å². The van der Waals surface area contributed by atoms with Gasteiger partial charge in [0.2, 0.25) is 0 Å². The van der Waals surface area contributed by atoms with Crippen molar-refractivity contribution in [1.29, 1.82) is 0 Å². The van der Waals surface area contributed by atoms with Crippen LogP contribution in [0.3, 0.4) is 0 Å². The minimum absolute atomic E-state index is 0.0235. The molecule has 0 aliphatic heterocycles. The molecule has 232 valence electrons. The molecule has 0 radical (unpaired) electrons. The number of hydrogen-bond acceptors (Lipinski definition) is 4. The molecule has 4 saturated carbocycles. The van der Waals surface area contributed by atoms with Crippen molar-refractivity contribution in [2.24, 2.45) is 50.2 Å². The standard InChI is InChI=1S/C38H56O4/c1-25-9-8-10-26(21-25)23-42-32(41)38-19-17-33(2,3)22-28(38)27-11-12-30-34(4)15-14-31(40)35(5,24-39)29(34)13-16-37(30,7)36(27,6)18-20-38/h8-11,21,28-31,39-40H,12-20,22-24H2,1-7H3/t28-,29+,30+,31-,34-,35-,36+,37+,38-/m0/s1. The molecule has 1 aromatic carbocycles. The zero-order valence-corrected chi connectivity index (χ0v) is 27.4. The number of esters is 1. The average molecular weight is 577 g/mol. The van der Waals surface area contributed by atoms with Gasteiger partial charge in [-0.25, -0.2) is 0 Å². The number of allylic oxidation sites excluding steroid dienone is 2. The number of aryl methyl sites for hydroxylation is 1. The molecule has 0 heterocycles. The third kappa shape index (κ3) is 4.16. The lowest BCUT2D eigenvalue weighted by molar-refractivity contribution is -0.217. The van der Waals surface area contributed by atoms with Gasteiger partial charge in [-0.3, -0.25) is 4.79 Å². The van der Waals surface area contributed by atoms with E-state index in [2.05, 4.69) is 72.7 Å². The van der Waals surface area contributed by atoms with Crippen LogP contribution in [0.15, 0.2) is 35.9 Å². The van der Waals surface area contributed by atoms with Crippen molar-refractivity contribution in [2.45, 2.75) is 125 Å². The Morgan fingerprint density at radius 1 is 0.952 bits per heavy atom. The molecule has 0 bridgehead atoms. The van der Waals surface area contributed by atoms with Crippen LogP contribution in [-0.4, -0.2) is 28.9 Å². The van der Waals surface area contributed by atoms with Crippen LogP contribution in [0.1, 0.15) is 117 Å². The molecular formula is C38H56O4. The second kappa shape index (κ2) is 9.93. The van der Waals surface area contributed by atoms with E-state index in [0.717, 1.165) is 69.8 Å². The van der Waals surface area contributed by atoms with Gasteiger partial charge < -0.3 is 14.9 Å². The molecule has 1 aromatic rings. The monoisotopic (exact) mass is 576 g/mol. The summed E-state index contributed by atoms with van der Waals surface area (Å²) in [6, 6.07) is 8.31. The first-order valence-corrected chi connectivity index (χ1v) is 16.9. The summed E-state index contributed by atoms with van der Waals surface area (Å²) < 4.78 is 6.21. The third-order valence-electron chi connectivity index (χ3n) is 14.6. The zero-order valence-electron chi connectivity index (χ0n) is 27.4. The van der Waals surface area contributed by atoms with Crippen LogP contribution >= 0.6 is 0 Å². The van der Waals surface area contributed by atoms with E-state index >= 15 is 0 Å². The molecule has 0 aromatic heterocycles. The number of aliphatic hydroxyl groups excluding tert-OH is 2. The number of carbonyl (C=O) groups excluding carboxylic acids is 1. The maximum Gasteiger partial charge on any atom is 0.313 e. The van der Waals surface area contributed by atoms with E-state index in [1.165, 1.54) is 5.56 Å². The lowest BCUT2D eigenvalue weighted by Gasteiger charge is -2.71. The van der Waals surface area contributed by atoms with Crippen molar-refractivity contribution in [1.82, 2.24) is 0 Å². The maximum atomic E-state index is 14.2. The van der Waals surface area contributed by atoms with Crippen molar-refractivity contribution < 1.29 is 19.7 Å². The van der Waals surface area contributed by atoms with Gasteiger partial charge in [0.25, 0.3) is 0 Å². The molecule has 4 heteroatoms. The van der Waals surface area contributed by atoms with Gasteiger partial charge in [-0.1, -0.05) is 83.0 Å². The number of carbonyl (C=O) groups is 1. The first kappa shape index (κ1) is 30.4. The molecule has 9 atom stereocenters. The Hall–Kier alpha value is -1.65. The SMILES string of the molecule is Cc1cccc(COC(=O)[C@]23CCC(C)(C)C[C@H]2C2=CC[C@@H]4[C@@]5(C)CC[C@H](O)[C@@](C)(CO)[C@@H]5CC[C@@]4(C)[C@]2(C)CC3)c1. The van der Waals surface area contributed by atoms with Gasteiger partial charge in [0.1, 0.15) is 6.61 Å². The number of benzene rings is 1. The molecule has 0 saturated heterocycles. The van der Waals surface area contributed by atoms with Crippen LogP contribution in [0.25, 0.3) is 0 Å². The number of aliphatic hydroxyl groups is 2. The van der Waals surface area contributed by atoms with Gasteiger partial charge in [-0.05, 0) is 116 Å². The molecule has 5 aliphatic rings. The molecule has 2 N–H and O–H groups in total. The van der Waals surface area contributed by atoms with Gasteiger partial charge in [0.05, 0.1) is 18.1 Å². The van der Waals surface area contributed by atoms with Crippen molar-refractivity contribution >= 4 is 5.97 Å². The molecule has 42 heavy (non-hydrogen) atoms. The summed E-state index contributed by atoms with van der Waals surface area (Å²) in [7, 11) is 0. The highest BCUT2D eigenvalue weighted by molar-refractivity contribution is 5.79. The number of rotatable bonds is 4. The Morgan fingerprint density at radius 2 is 1.69 bits per heavy atom. The van der Waals surface area contributed by atoms with Crippen molar-refractivity contribution in [3.63, 3.8) is 0 Å². The Labute approximate surface area is 254 Å². The number of ether oxygens (including phenoxy) is 1. The predicted molar refractivity (Wildman–Crippen MR) is 167 cm³/mol. The van der Waals surface area contributed by atoms with Gasteiger partial charge >= 0.3 is 5.97 Å². The molecule has 0 amide bonds. The lowest BCUT2D eigenvalue weighted by Crippen LogP contribution is -2.66. The first-order chi connectivity index (χ1) is 19.7. The van der Waals surface area contributed by atoms with Gasteiger partial charge in [-0.2, -0.15) is 0 Å². The molecule has 4 fully saturated rings. The maximum absolute atomic E-state index is 14.2. The second-order valence-electron chi connectivity index (χ2n) is 17.2. The first-order valence-electron chi connectivity index (χ1n) is 16.9. The highest BCUT2D eigenvalue weighted by atomic mass is 16.5. The fraction of sp³-hybridized carbons (Fsp3) is 0.763. The van der Waals surface area contributed by atoms with Gasteiger partial charge in [0.15, 0.2) is 0 Å². The molecule has 5 aliphatic carbocycles. The zero-order chi connectivity index (χ0) is 30.3. The molecule has 4 nitrogen and oxygen atoms in total. The molecule has 6 rings (SSSR count). The number of hydrogen-bond donors (Lipinski definition) is 2. The van der Waals surface area contributed by atoms with Crippen molar-refractivity contribution in [3.05, 3.63) is 47.0 Å². The van der Waals surface area contributed by atoms with Crippen molar-refractivity contribution in [3.8, 4) is 0 Å². The van der Waals surface area contributed by atoms with Crippen LogP contribution in [0.2, 0.25) is 0 Å². The van der Waals surface area contributed by atoms with Crippen LogP contribution < -0.4 is 0 Å². The van der Waals surface area contributed by atoms with Crippen LogP contribution in [0.5, 0.6) is 0 Å². The van der Waals surface area contributed by atoms with E-state index in [0.29, 0.717) is 18.4 Å². The lowest BCUT2D eigenvalue weighted by atomic mass is 9.33. The normalized spacial score (nSPS) is 45.9. The van der Waals surface area contributed by atoms with Crippen molar-refractivity contribution in [2.75, 3.05) is 6.61 Å². The minimum atomic E-state index is -0.435. The molecule has 0 unspecified atom stereocenters.